The number of carbonyl (C=O) groups excluding carboxylic acids is 1. The van der Waals surface area contributed by atoms with Gasteiger partial charge in [-0.1, -0.05) is 24.3 Å². The normalized spacial score (nSPS) is 12.3. The maximum absolute atomic E-state index is 12.6. The van der Waals surface area contributed by atoms with E-state index in [9.17, 15) is 13.2 Å². The van der Waals surface area contributed by atoms with Crippen LogP contribution in [0, 0.1) is 0 Å². The number of ether oxygens (including phenoxy) is 2. The fourth-order valence-corrected chi connectivity index (χ4v) is 3.75. The monoisotopic (exact) mass is 420 g/mol. The third kappa shape index (κ3) is 6.39. The maximum Gasteiger partial charge on any atom is 0.241 e. The Labute approximate surface area is 172 Å². The number of hydrogen-bond donors (Lipinski definition) is 1. The zero-order chi connectivity index (χ0) is 21.6. The Hall–Kier alpha value is -2.74. The number of hydrogen-bond acceptors (Lipinski definition) is 5. The van der Waals surface area contributed by atoms with E-state index in [1.54, 1.807) is 37.4 Å². The first-order valence-corrected chi connectivity index (χ1v) is 11.1. The van der Waals surface area contributed by atoms with E-state index in [4.69, 9.17) is 9.47 Å². The molecule has 0 fully saturated rings. The first-order chi connectivity index (χ1) is 13.6. The largest absolute Gasteiger partial charge is 0.496 e. The lowest BCUT2D eigenvalue weighted by atomic mass is 10.1. The summed E-state index contributed by atoms with van der Waals surface area (Å²) in [6.07, 6.45) is 1.02. The number of amides is 1. The molecule has 1 unspecified atom stereocenters. The van der Waals surface area contributed by atoms with E-state index in [-0.39, 0.29) is 18.7 Å². The Kier molecular flexibility index (Phi) is 7.50. The van der Waals surface area contributed by atoms with Crippen molar-refractivity contribution >= 4 is 21.6 Å². The predicted octanol–water partition coefficient (Wildman–Crippen LogP) is 3.13. The summed E-state index contributed by atoms with van der Waals surface area (Å²) in [6, 6.07) is 13.7. The van der Waals surface area contributed by atoms with Gasteiger partial charge in [-0.3, -0.25) is 9.10 Å². The number of nitrogens with zero attached hydrogens (tertiary/aromatic N) is 1. The molecule has 1 amide bonds. The van der Waals surface area contributed by atoms with Crippen molar-refractivity contribution in [1.29, 1.82) is 0 Å². The number of carbonyl (C=O) groups is 1. The van der Waals surface area contributed by atoms with Crippen LogP contribution in [0.1, 0.15) is 32.4 Å². The van der Waals surface area contributed by atoms with Crippen molar-refractivity contribution in [3.8, 4) is 11.5 Å². The zero-order valence-corrected chi connectivity index (χ0v) is 18.2. The molecule has 8 heteroatoms. The highest BCUT2D eigenvalue weighted by molar-refractivity contribution is 7.92. The van der Waals surface area contributed by atoms with Crippen LogP contribution >= 0.6 is 0 Å². The van der Waals surface area contributed by atoms with Crippen LogP contribution in [0.3, 0.4) is 0 Å². The lowest BCUT2D eigenvalue weighted by Gasteiger charge is -2.24. The Balaban J connectivity index is 2.20. The molecule has 0 bridgehead atoms. The van der Waals surface area contributed by atoms with Gasteiger partial charge in [-0.2, -0.15) is 0 Å². The summed E-state index contributed by atoms with van der Waals surface area (Å²) in [7, 11) is -2.12. The SMILES string of the molecule is COc1ccccc1C(C)NC(=O)CN(c1cccc(OC(C)C)c1)S(C)(=O)=O. The van der Waals surface area contributed by atoms with Crippen molar-refractivity contribution in [2.45, 2.75) is 32.9 Å². The van der Waals surface area contributed by atoms with Crippen LogP contribution in [0.4, 0.5) is 5.69 Å². The van der Waals surface area contributed by atoms with Gasteiger partial charge in [-0.25, -0.2) is 8.42 Å². The molecule has 0 spiro atoms. The van der Waals surface area contributed by atoms with Gasteiger partial charge in [0.15, 0.2) is 0 Å². The molecule has 0 radical (unpaired) electrons. The second-order valence-electron chi connectivity index (χ2n) is 6.96. The number of sulfonamides is 1. The zero-order valence-electron chi connectivity index (χ0n) is 17.4. The van der Waals surface area contributed by atoms with Crippen molar-refractivity contribution in [2.24, 2.45) is 0 Å². The number of para-hydroxylation sites is 1. The molecule has 0 aliphatic carbocycles. The molecule has 0 aromatic heterocycles. The quantitative estimate of drug-likeness (QED) is 0.674. The highest BCUT2D eigenvalue weighted by Gasteiger charge is 2.23. The van der Waals surface area contributed by atoms with Gasteiger partial charge in [0, 0.05) is 11.6 Å². The topological polar surface area (TPSA) is 84.9 Å². The molecule has 0 saturated carbocycles. The minimum atomic E-state index is -3.68. The Morgan fingerprint density at radius 2 is 1.79 bits per heavy atom. The molecule has 1 atom stereocenters. The van der Waals surface area contributed by atoms with E-state index >= 15 is 0 Å². The Bertz CT molecular complexity index is 944. The number of rotatable bonds is 9. The fraction of sp³-hybridized carbons (Fsp3) is 0.381. The maximum atomic E-state index is 12.6. The molecule has 29 heavy (non-hydrogen) atoms. The molecule has 0 aliphatic rings. The summed E-state index contributed by atoms with van der Waals surface area (Å²) in [6.45, 7) is 5.24. The first kappa shape index (κ1) is 22.5. The smallest absolute Gasteiger partial charge is 0.241 e. The lowest BCUT2D eigenvalue weighted by molar-refractivity contribution is -0.120. The highest BCUT2D eigenvalue weighted by Crippen LogP contribution is 2.26. The van der Waals surface area contributed by atoms with E-state index in [1.165, 1.54) is 0 Å². The lowest BCUT2D eigenvalue weighted by Crippen LogP contribution is -2.41. The summed E-state index contributed by atoms with van der Waals surface area (Å²) >= 11 is 0. The van der Waals surface area contributed by atoms with Crippen LogP contribution in [0.25, 0.3) is 0 Å². The molecular formula is C21H28N2O5S. The number of anilines is 1. The summed E-state index contributed by atoms with van der Waals surface area (Å²) < 4.78 is 36.7. The van der Waals surface area contributed by atoms with Crippen molar-refractivity contribution in [2.75, 3.05) is 24.2 Å². The van der Waals surface area contributed by atoms with Crippen molar-refractivity contribution in [1.82, 2.24) is 5.32 Å². The molecular weight excluding hydrogens is 392 g/mol. The number of methoxy groups -OCH3 is 1. The first-order valence-electron chi connectivity index (χ1n) is 9.28. The van der Waals surface area contributed by atoms with E-state index < -0.39 is 15.9 Å². The summed E-state index contributed by atoms with van der Waals surface area (Å²) in [5.41, 5.74) is 1.17. The summed E-state index contributed by atoms with van der Waals surface area (Å²) in [5.74, 6) is 0.761. The van der Waals surface area contributed by atoms with Gasteiger partial charge >= 0.3 is 0 Å². The van der Waals surface area contributed by atoms with E-state index in [2.05, 4.69) is 5.32 Å². The van der Waals surface area contributed by atoms with E-state index in [0.717, 1.165) is 16.1 Å². The molecule has 0 heterocycles. The summed E-state index contributed by atoms with van der Waals surface area (Å²) in [4.78, 5) is 12.6. The molecule has 2 rings (SSSR count). The molecule has 0 saturated heterocycles. The third-order valence-corrected chi connectivity index (χ3v) is 5.29. The van der Waals surface area contributed by atoms with Gasteiger partial charge in [-0.05, 0) is 39.0 Å². The van der Waals surface area contributed by atoms with Crippen LogP contribution in [-0.2, 0) is 14.8 Å². The van der Waals surface area contributed by atoms with Gasteiger partial charge in [0.05, 0.1) is 31.2 Å². The number of nitrogens with one attached hydrogen (secondary N) is 1. The van der Waals surface area contributed by atoms with Crippen molar-refractivity contribution in [3.63, 3.8) is 0 Å². The average Bonchev–Trinajstić information content (AvgIpc) is 2.64. The fourth-order valence-electron chi connectivity index (χ4n) is 2.90. The average molecular weight is 421 g/mol. The van der Waals surface area contributed by atoms with Gasteiger partial charge in [0.25, 0.3) is 0 Å². The van der Waals surface area contributed by atoms with Gasteiger partial charge in [0.1, 0.15) is 18.0 Å². The second-order valence-corrected chi connectivity index (χ2v) is 8.87. The van der Waals surface area contributed by atoms with Gasteiger partial charge in [0.2, 0.25) is 15.9 Å². The third-order valence-electron chi connectivity index (χ3n) is 4.15. The second kappa shape index (κ2) is 9.65. The highest BCUT2D eigenvalue weighted by atomic mass is 32.2. The van der Waals surface area contributed by atoms with E-state index in [1.807, 2.05) is 39.0 Å². The Morgan fingerprint density at radius 1 is 1.10 bits per heavy atom. The molecule has 0 aliphatic heterocycles. The van der Waals surface area contributed by atoms with Gasteiger partial charge < -0.3 is 14.8 Å². The van der Waals surface area contributed by atoms with Crippen LogP contribution in [0.5, 0.6) is 11.5 Å². The minimum Gasteiger partial charge on any atom is -0.496 e. The predicted molar refractivity (Wildman–Crippen MR) is 114 cm³/mol. The summed E-state index contributed by atoms with van der Waals surface area (Å²) in [5, 5.41) is 2.83. The number of benzene rings is 2. The molecule has 158 valence electrons. The van der Waals surface area contributed by atoms with Crippen LogP contribution < -0.4 is 19.1 Å². The van der Waals surface area contributed by atoms with Crippen molar-refractivity contribution < 1.29 is 22.7 Å². The Morgan fingerprint density at radius 3 is 2.41 bits per heavy atom. The molecule has 7 nitrogen and oxygen atoms in total. The van der Waals surface area contributed by atoms with Crippen LogP contribution in [0.2, 0.25) is 0 Å². The van der Waals surface area contributed by atoms with E-state index in [0.29, 0.717) is 17.2 Å². The minimum absolute atomic E-state index is 0.0538. The standard InChI is InChI=1S/C21H28N2O5S/c1-15(2)28-18-10-8-9-17(13-18)23(29(5,25)26)14-21(24)22-16(3)19-11-6-7-12-20(19)27-4/h6-13,15-16H,14H2,1-5H3,(H,22,24). The van der Waals surface area contributed by atoms with Gasteiger partial charge in [-0.15, -0.1) is 0 Å². The van der Waals surface area contributed by atoms with Crippen molar-refractivity contribution in [3.05, 3.63) is 54.1 Å². The molecule has 2 aromatic rings. The molecule has 2 aromatic carbocycles. The molecule has 1 N–H and O–H groups in total. The van der Waals surface area contributed by atoms with Crippen LogP contribution in [-0.4, -0.2) is 40.3 Å². The van der Waals surface area contributed by atoms with Crippen LogP contribution in [0.15, 0.2) is 48.5 Å².